The summed E-state index contributed by atoms with van der Waals surface area (Å²) in [6.07, 6.45) is 0. The number of hydrogen-bond acceptors (Lipinski definition) is 4. The summed E-state index contributed by atoms with van der Waals surface area (Å²) in [5.74, 6) is 0. The Labute approximate surface area is 160 Å². The lowest BCUT2D eigenvalue weighted by Gasteiger charge is -2.35. The third-order valence-electron chi connectivity index (χ3n) is 4.05. The van der Waals surface area contributed by atoms with E-state index in [-0.39, 0.29) is 26.4 Å². The van der Waals surface area contributed by atoms with Gasteiger partial charge in [0.05, 0.1) is 26.4 Å². The van der Waals surface area contributed by atoms with Crippen molar-refractivity contribution in [3.8, 4) is 0 Å². The van der Waals surface area contributed by atoms with Crippen molar-refractivity contribution in [1.29, 1.82) is 0 Å². The van der Waals surface area contributed by atoms with Crippen LogP contribution < -0.4 is 0 Å². The van der Waals surface area contributed by atoms with Gasteiger partial charge in [-0.05, 0) is 16.7 Å². The Kier molecular flexibility index (Phi) is 8.68. The molecule has 3 aromatic carbocycles. The molecule has 0 atom stereocenters. The molecule has 3 rings (SSSR count). The summed E-state index contributed by atoms with van der Waals surface area (Å²) in [4.78, 5) is 0. The Morgan fingerprint density at radius 3 is 1.11 bits per heavy atom. The van der Waals surface area contributed by atoms with Crippen molar-refractivity contribution in [2.75, 3.05) is 26.4 Å². The third-order valence-corrected chi connectivity index (χ3v) is 4.05. The normalized spacial score (nSPS) is 10.8. The van der Waals surface area contributed by atoms with E-state index in [1.807, 2.05) is 54.6 Å². The van der Waals surface area contributed by atoms with Crippen LogP contribution in [0.4, 0.5) is 0 Å². The summed E-state index contributed by atoms with van der Waals surface area (Å²) in [5, 5.41) is 24.6. The van der Waals surface area contributed by atoms with Gasteiger partial charge in [-0.2, -0.15) is 0 Å². The van der Waals surface area contributed by atoms with Crippen LogP contribution in [-0.2, 0) is 10.3 Å². The second-order valence-electron chi connectivity index (χ2n) is 5.80. The molecule has 3 aromatic rings. The van der Waals surface area contributed by atoms with E-state index >= 15 is 0 Å². The molecule has 0 saturated heterocycles. The molecule has 142 valence electrons. The average molecular weight is 366 g/mol. The minimum atomic E-state index is -0.730. The number of rotatable bonds is 7. The molecule has 4 nitrogen and oxygen atoms in total. The quantitative estimate of drug-likeness (QED) is 0.562. The number of benzene rings is 3. The van der Waals surface area contributed by atoms with Gasteiger partial charge in [-0.1, -0.05) is 91.0 Å². The van der Waals surface area contributed by atoms with Crippen molar-refractivity contribution < 1.29 is 20.1 Å². The molecule has 0 aliphatic rings. The van der Waals surface area contributed by atoms with Gasteiger partial charge in [-0.25, -0.2) is 0 Å². The lowest BCUT2D eigenvalue weighted by Crippen LogP contribution is -2.33. The zero-order valence-corrected chi connectivity index (χ0v) is 15.2. The minimum Gasteiger partial charge on any atom is -0.394 e. The first kappa shape index (κ1) is 20.8. The predicted molar refractivity (Wildman–Crippen MR) is 106 cm³/mol. The monoisotopic (exact) mass is 366 g/mol. The van der Waals surface area contributed by atoms with E-state index in [9.17, 15) is 5.11 Å². The highest BCUT2D eigenvalue weighted by atomic mass is 16.5. The lowest BCUT2D eigenvalue weighted by atomic mass is 9.80. The van der Waals surface area contributed by atoms with Gasteiger partial charge in [0.1, 0.15) is 5.60 Å². The van der Waals surface area contributed by atoms with Gasteiger partial charge in [0.15, 0.2) is 0 Å². The van der Waals surface area contributed by atoms with E-state index in [2.05, 4.69) is 36.4 Å². The maximum Gasteiger partial charge on any atom is 0.143 e. The van der Waals surface area contributed by atoms with Gasteiger partial charge < -0.3 is 20.1 Å². The number of ether oxygens (including phenoxy) is 1. The summed E-state index contributed by atoms with van der Waals surface area (Å²) in [6, 6.07) is 30.5. The molecular weight excluding hydrogens is 340 g/mol. The Morgan fingerprint density at radius 2 is 0.852 bits per heavy atom. The van der Waals surface area contributed by atoms with Crippen molar-refractivity contribution >= 4 is 0 Å². The maximum absolute atomic E-state index is 9.35. The van der Waals surface area contributed by atoms with Crippen molar-refractivity contribution in [3.05, 3.63) is 108 Å². The van der Waals surface area contributed by atoms with E-state index < -0.39 is 5.60 Å². The van der Waals surface area contributed by atoms with Crippen molar-refractivity contribution in [1.82, 2.24) is 0 Å². The van der Waals surface area contributed by atoms with Crippen molar-refractivity contribution in [2.45, 2.75) is 5.60 Å². The molecular formula is C23H26O4. The topological polar surface area (TPSA) is 69.9 Å². The number of aliphatic hydroxyl groups excluding tert-OH is 3. The fourth-order valence-corrected chi connectivity index (χ4v) is 2.97. The highest BCUT2D eigenvalue weighted by Crippen LogP contribution is 2.40. The minimum absolute atomic E-state index is 0.0196. The molecule has 0 heterocycles. The number of aliphatic hydroxyl groups is 3. The van der Waals surface area contributed by atoms with E-state index in [1.165, 1.54) is 0 Å². The third kappa shape index (κ3) is 5.25. The molecule has 0 saturated carbocycles. The van der Waals surface area contributed by atoms with Crippen LogP contribution in [0.1, 0.15) is 16.7 Å². The van der Waals surface area contributed by atoms with Gasteiger partial charge in [-0.3, -0.25) is 0 Å². The second kappa shape index (κ2) is 11.3. The van der Waals surface area contributed by atoms with Crippen LogP contribution in [0.15, 0.2) is 91.0 Å². The summed E-state index contributed by atoms with van der Waals surface area (Å²) >= 11 is 0. The average Bonchev–Trinajstić information content (AvgIpc) is 2.77. The van der Waals surface area contributed by atoms with Crippen molar-refractivity contribution in [3.63, 3.8) is 0 Å². The molecule has 4 heteroatoms. The number of hydrogen-bond donors (Lipinski definition) is 3. The zero-order chi connectivity index (χ0) is 19.4. The van der Waals surface area contributed by atoms with Gasteiger partial charge in [0.2, 0.25) is 0 Å². The molecule has 0 aliphatic carbocycles. The molecule has 0 radical (unpaired) electrons. The maximum atomic E-state index is 9.35. The van der Waals surface area contributed by atoms with Crippen molar-refractivity contribution in [2.24, 2.45) is 0 Å². The first-order valence-electron chi connectivity index (χ1n) is 8.92. The Balaban J connectivity index is 0.000000596. The summed E-state index contributed by atoms with van der Waals surface area (Å²) in [5.41, 5.74) is 2.41. The Morgan fingerprint density at radius 1 is 0.519 bits per heavy atom. The van der Waals surface area contributed by atoms with E-state index in [1.54, 1.807) is 0 Å². The molecule has 0 amide bonds. The van der Waals surface area contributed by atoms with Crippen LogP contribution >= 0.6 is 0 Å². The predicted octanol–water partition coefficient (Wildman–Crippen LogP) is 2.96. The van der Waals surface area contributed by atoms with Crippen LogP contribution in [0.5, 0.6) is 0 Å². The van der Waals surface area contributed by atoms with Gasteiger partial charge >= 0.3 is 0 Å². The molecule has 0 bridgehead atoms. The largest absolute Gasteiger partial charge is 0.394 e. The smallest absolute Gasteiger partial charge is 0.143 e. The van der Waals surface area contributed by atoms with Crippen LogP contribution in [0.25, 0.3) is 0 Å². The summed E-state index contributed by atoms with van der Waals surface area (Å²) in [6.45, 7) is -0.00701. The molecule has 0 unspecified atom stereocenters. The summed E-state index contributed by atoms with van der Waals surface area (Å²) in [7, 11) is 0. The SMILES string of the molecule is OCCO.OCCOC(c1ccccc1)(c1ccccc1)c1ccccc1. The van der Waals surface area contributed by atoms with E-state index in [0.29, 0.717) is 0 Å². The van der Waals surface area contributed by atoms with Crippen LogP contribution in [-0.4, -0.2) is 41.7 Å². The first-order chi connectivity index (χ1) is 13.3. The van der Waals surface area contributed by atoms with Crippen LogP contribution in [0, 0.1) is 0 Å². The Hall–Kier alpha value is -2.50. The Bertz CT molecular complexity index is 646. The molecule has 0 fully saturated rings. The fourth-order valence-electron chi connectivity index (χ4n) is 2.97. The van der Waals surface area contributed by atoms with Gasteiger partial charge in [-0.15, -0.1) is 0 Å². The van der Waals surface area contributed by atoms with Gasteiger partial charge in [0, 0.05) is 0 Å². The van der Waals surface area contributed by atoms with Crippen LogP contribution in [0.3, 0.4) is 0 Å². The van der Waals surface area contributed by atoms with Gasteiger partial charge in [0.25, 0.3) is 0 Å². The van der Waals surface area contributed by atoms with Crippen LogP contribution in [0.2, 0.25) is 0 Å². The lowest BCUT2D eigenvalue weighted by molar-refractivity contribution is -0.00644. The highest BCUT2D eigenvalue weighted by Gasteiger charge is 2.37. The molecule has 0 spiro atoms. The fraction of sp³-hybridized carbons (Fsp3) is 0.217. The van der Waals surface area contributed by atoms with E-state index in [4.69, 9.17) is 14.9 Å². The first-order valence-corrected chi connectivity index (χ1v) is 8.92. The second-order valence-corrected chi connectivity index (χ2v) is 5.80. The zero-order valence-electron chi connectivity index (χ0n) is 15.2. The summed E-state index contributed by atoms with van der Waals surface area (Å²) < 4.78 is 6.29. The molecule has 0 aromatic heterocycles. The molecule has 0 aliphatic heterocycles. The highest BCUT2D eigenvalue weighted by molar-refractivity contribution is 5.47. The standard InChI is InChI=1S/C21H20O2.C2H6O2/c22-16-17-23-21(18-10-4-1-5-11-18,19-12-6-2-7-13-19)20-14-8-3-9-15-20;3-1-2-4/h1-15,22H,16-17H2;3-4H,1-2H2. The van der Waals surface area contributed by atoms with E-state index in [0.717, 1.165) is 16.7 Å². The molecule has 3 N–H and O–H groups in total. The molecule has 27 heavy (non-hydrogen) atoms.